The molecular formula is C16H22N2S. The van der Waals surface area contributed by atoms with Gasteiger partial charge in [-0.3, -0.25) is 4.98 Å². The zero-order valence-corrected chi connectivity index (χ0v) is 12.5. The predicted molar refractivity (Wildman–Crippen MR) is 85.8 cm³/mol. The van der Waals surface area contributed by atoms with Gasteiger partial charge in [-0.1, -0.05) is 32.0 Å². The Morgan fingerprint density at radius 2 is 2.16 bits per heavy atom. The van der Waals surface area contributed by atoms with Crippen LogP contribution in [0, 0.1) is 0 Å². The van der Waals surface area contributed by atoms with Crippen molar-refractivity contribution in [3.63, 3.8) is 0 Å². The van der Waals surface area contributed by atoms with Crippen molar-refractivity contribution < 1.29 is 0 Å². The number of nitrogens with zero attached hydrogens (tertiary/aromatic N) is 1. The summed E-state index contributed by atoms with van der Waals surface area (Å²) < 4.78 is 0. The van der Waals surface area contributed by atoms with Gasteiger partial charge in [-0.05, 0) is 36.4 Å². The molecule has 2 aromatic rings. The van der Waals surface area contributed by atoms with Crippen LogP contribution in [-0.4, -0.2) is 23.0 Å². The summed E-state index contributed by atoms with van der Waals surface area (Å²) in [5.74, 6) is 2.28. The number of pyridine rings is 1. The van der Waals surface area contributed by atoms with E-state index in [1.54, 1.807) is 0 Å². The number of nitrogens with one attached hydrogen (secondary N) is 1. The summed E-state index contributed by atoms with van der Waals surface area (Å²) in [5, 5.41) is 4.85. The van der Waals surface area contributed by atoms with Crippen molar-refractivity contribution in [1.29, 1.82) is 0 Å². The second kappa shape index (κ2) is 7.51. The Hall–Kier alpha value is -1.06. The molecule has 1 N–H and O–H groups in total. The smallest absolute Gasteiger partial charge is 0.0705 e. The monoisotopic (exact) mass is 274 g/mol. The maximum atomic E-state index is 4.45. The maximum Gasteiger partial charge on any atom is 0.0705 e. The average molecular weight is 274 g/mol. The van der Waals surface area contributed by atoms with Gasteiger partial charge in [0, 0.05) is 23.4 Å². The van der Waals surface area contributed by atoms with E-state index >= 15 is 0 Å². The zero-order valence-electron chi connectivity index (χ0n) is 11.7. The second-order valence-corrected chi connectivity index (χ2v) is 5.94. The molecule has 0 spiro atoms. The van der Waals surface area contributed by atoms with Crippen molar-refractivity contribution in [1.82, 2.24) is 10.3 Å². The predicted octanol–water partition coefficient (Wildman–Crippen LogP) is 4.03. The van der Waals surface area contributed by atoms with Gasteiger partial charge in [0.15, 0.2) is 0 Å². The molecule has 0 saturated heterocycles. The number of thioether (sulfide) groups is 1. The quantitative estimate of drug-likeness (QED) is 0.825. The first-order valence-electron chi connectivity index (χ1n) is 7.01. The van der Waals surface area contributed by atoms with Gasteiger partial charge in [-0.15, -0.1) is 0 Å². The molecule has 0 aliphatic rings. The Bertz CT molecular complexity index is 505. The van der Waals surface area contributed by atoms with Crippen molar-refractivity contribution >= 4 is 22.7 Å². The summed E-state index contributed by atoms with van der Waals surface area (Å²) in [6, 6.07) is 11.2. The molecule has 0 fully saturated rings. The molecular weight excluding hydrogens is 252 g/mol. The Morgan fingerprint density at radius 3 is 2.95 bits per heavy atom. The zero-order chi connectivity index (χ0) is 13.5. The molecule has 2 nitrogen and oxygen atoms in total. The van der Waals surface area contributed by atoms with Crippen molar-refractivity contribution in [3.05, 3.63) is 42.1 Å². The molecule has 0 bridgehead atoms. The van der Waals surface area contributed by atoms with Gasteiger partial charge in [0.25, 0.3) is 0 Å². The van der Waals surface area contributed by atoms with Crippen LogP contribution in [0.1, 0.15) is 31.9 Å². The molecule has 102 valence electrons. The third-order valence-electron chi connectivity index (χ3n) is 3.16. The number of hydrogen-bond donors (Lipinski definition) is 1. The molecule has 2 rings (SSSR count). The molecule has 1 unspecified atom stereocenters. The lowest BCUT2D eigenvalue weighted by Gasteiger charge is -2.18. The number of rotatable bonds is 7. The topological polar surface area (TPSA) is 24.9 Å². The highest BCUT2D eigenvalue weighted by Gasteiger charge is 2.11. The third kappa shape index (κ3) is 3.95. The van der Waals surface area contributed by atoms with Gasteiger partial charge < -0.3 is 5.32 Å². The lowest BCUT2D eigenvalue weighted by atomic mass is 10.1. The van der Waals surface area contributed by atoms with Crippen LogP contribution >= 0.6 is 11.8 Å². The van der Waals surface area contributed by atoms with E-state index in [0.717, 1.165) is 23.6 Å². The first kappa shape index (κ1) is 14.4. The summed E-state index contributed by atoms with van der Waals surface area (Å²) in [6.07, 6.45) is 3.03. The van der Waals surface area contributed by atoms with E-state index in [0.29, 0.717) is 6.04 Å². The number of benzene rings is 1. The van der Waals surface area contributed by atoms with Crippen LogP contribution in [0.3, 0.4) is 0 Å². The van der Waals surface area contributed by atoms with Gasteiger partial charge in [-0.25, -0.2) is 0 Å². The lowest BCUT2D eigenvalue weighted by Crippen LogP contribution is -2.24. The molecule has 3 heteroatoms. The minimum absolute atomic E-state index is 0.427. The molecule has 1 heterocycles. The molecule has 1 aromatic heterocycles. The Morgan fingerprint density at radius 1 is 1.26 bits per heavy atom. The SMILES string of the molecule is CCCNC(CSCC)c1ccc2cccnc2c1. The molecule has 1 atom stereocenters. The first-order chi connectivity index (χ1) is 9.35. The van der Waals surface area contributed by atoms with Crippen LogP contribution < -0.4 is 5.32 Å². The van der Waals surface area contributed by atoms with E-state index in [2.05, 4.69) is 48.4 Å². The van der Waals surface area contributed by atoms with Gasteiger partial charge in [0.2, 0.25) is 0 Å². The number of aromatic nitrogens is 1. The summed E-state index contributed by atoms with van der Waals surface area (Å²) in [6.45, 7) is 5.48. The van der Waals surface area contributed by atoms with Gasteiger partial charge in [-0.2, -0.15) is 11.8 Å². The molecule has 0 aliphatic heterocycles. The van der Waals surface area contributed by atoms with Gasteiger partial charge in [0.05, 0.1) is 5.52 Å². The lowest BCUT2D eigenvalue weighted by molar-refractivity contribution is 0.578. The minimum Gasteiger partial charge on any atom is -0.309 e. The van der Waals surface area contributed by atoms with Crippen LogP contribution in [0.2, 0.25) is 0 Å². The summed E-state index contributed by atoms with van der Waals surface area (Å²) in [7, 11) is 0. The van der Waals surface area contributed by atoms with E-state index in [4.69, 9.17) is 0 Å². The van der Waals surface area contributed by atoms with E-state index < -0.39 is 0 Å². The van der Waals surface area contributed by atoms with Crippen LogP contribution in [0.5, 0.6) is 0 Å². The fraction of sp³-hybridized carbons (Fsp3) is 0.438. The summed E-state index contributed by atoms with van der Waals surface area (Å²) in [5.41, 5.74) is 2.44. The van der Waals surface area contributed by atoms with Crippen molar-refractivity contribution in [2.45, 2.75) is 26.3 Å². The molecule has 0 saturated carbocycles. The Kier molecular flexibility index (Phi) is 5.67. The van der Waals surface area contributed by atoms with Crippen LogP contribution in [0.15, 0.2) is 36.5 Å². The molecule has 19 heavy (non-hydrogen) atoms. The van der Waals surface area contributed by atoms with Crippen molar-refractivity contribution in [3.8, 4) is 0 Å². The minimum atomic E-state index is 0.427. The van der Waals surface area contributed by atoms with Crippen LogP contribution in [-0.2, 0) is 0 Å². The standard InChI is InChI=1S/C16H22N2S/c1-3-9-17-16(12-19-4-2)14-8-7-13-6-5-10-18-15(13)11-14/h5-8,10-11,16-17H,3-4,9,12H2,1-2H3. The molecule has 1 aromatic carbocycles. The van der Waals surface area contributed by atoms with E-state index in [1.165, 1.54) is 17.4 Å². The Labute approximate surface area is 120 Å². The highest BCUT2D eigenvalue weighted by atomic mass is 32.2. The van der Waals surface area contributed by atoms with E-state index in [-0.39, 0.29) is 0 Å². The Balaban J connectivity index is 2.21. The average Bonchev–Trinajstić information content (AvgIpc) is 2.47. The molecule has 0 amide bonds. The van der Waals surface area contributed by atoms with Crippen LogP contribution in [0.4, 0.5) is 0 Å². The largest absolute Gasteiger partial charge is 0.309 e. The second-order valence-electron chi connectivity index (χ2n) is 4.62. The normalized spacial score (nSPS) is 12.7. The fourth-order valence-corrected chi connectivity index (χ4v) is 2.91. The van der Waals surface area contributed by atoms with Crippen molar-refractivity contribution in [2.24, 2.45) is 0 Å². The summed E-state index contributed by atoms with van der Waals surface area (Å²) >= 11 is 1.98. The third-order valence-corrected chi connectivity index (χ3v) is 4.14. The number of fused-ring (bicyclic) bond motifs is 1. The first-order valence-corrected chi connectivity index (χ1v) is 8.16. The maximum absolute atomic E-state index is 4.45. The molecule has 0 radical (unpaired) electrons. The highest BCUT2D eigenvalue weighted by Crippen LogP contribution is 2.22. The summed E-state index contributed by atoms with van der Waals surface area (Å²) in [4.78, 5) is 4.45. The molecule has 0 aliphatic carbocycles. The highest BCUT2D eigenvalue weighted by molar-refractivity contribution is 7.99. The van der Waals surface area contributed by atoms with Crippen molar-refractivity contribution in [2.75, 3.05) is 18.1 Å². The van der Waals surface area contributed by atoms with Crippen LogP contribution in [0.25, 0.3) is 10.9 Å². The number of hydrogen-bond acceptors (Lipinski definition) is 3. The van der Waals surface area contributed by atoms with E-state index in [9.17, 15) is 0 Å². The van der Waals surface area contributed by atoms with Gasteiger partial charge in [0.1, 0.15) is 0 Å². The van der Waals surface area contributed by atoms with E-state index in [1.807, 2.05) is 24.0 Å². The van der Waals surface area contributed by atoms with Gasteiger partial charge >= 0.3 is 0 Å². The fourth-order valence-electron chi connectivity index (χ4n) is 2.13.